The highest BCUT2D eigenvalue weighted by Gasteiger charge is 2.14. The van der Waals surface area contributed by atoms with Gasteiger partial charge < -0.3 is 19.5 Å². The van der Waals surface area contributed by atoms with Crippen LogP contribution >= 0.6 is 0 Å². The average molecular weight is 451 g/mol. The van der Waals surface area contributed by atoms with Gasteiger partial charge in [0, 0.05) is 16.8 Å². The van der Waals surface area contributed by atoms with E-state index in [1.54, 1.807) is 36.4 Å². The van der Waals surface area contributed by atoms with Gasteiger partial charge in [-0.15, -0.1) is 0 Å². The topological polar surface area (TPSA) is 98.2 Å². The van der Waals surface area contributed by atoms with Crippen LogP contribution in [0.5, 0.6) is 17.2 Å². The van der Waals surface area contributed by atoms with Gasteiger partial charge in [-0.05, 0) is 42.5 Å². The Balaban J connectivity index is 1.70. The number of anilines is 1. The van der Waals surface area contributed by atoms with Crippen LogP contribution in [-0.2, 0) is 0 Å². The van der Waals surface area contributed by atoms with Gasteiger partial charge in [0.15, 0.2) is 11.5 Å². The molecule has 8 nitrogen and oxygen atoms in total. The van der Waals surface area contributed by atoms with Gasteiger partial charge in [0.2, 0.25) is 5.75 Å². The lowest BCUT2D eigenvalue weighted by molar-refractivity contribution is 0.0953. The van der Waals surface area contributed by atoms with Gasteiger partial charge >= 0.3 is 0 Å². The van der Waals surface area contributed by atoms with E-state index in [0.29, 0.717) is 28.5 Å². The van der Waals surface area contributed by atoms with Crippen molar-refractivity contribution in [3.8, 4) is 17.2 Å². The summed E-state index contributed by atoms with van der Waals surface area (Å²) in [6.07, 6.45) is 1.42. The molecule has 3 rings (SSSR count). The van der Waals surface area contributed by atoms with Crippen LogP contribution in [0.3, 0.4) is 0 Å². The third kappa shape index (κ3) is 5.65. The molecule has 2 amide bonds. The van der Waals surface area contributed by atoms with Crippen molar-refractivity contribution >= 4 is 23.7 Å². The molecule has 0 bridgehead atoms. The maximum atomic E-state index is 13.8. The van der Waals surface area contributed by atoms with Crippen molar-refractivity contribution in [3.05, 3.63) is 83.2 Å². The van der Waals surface area contributed by atoms with Crippen molar-refractivity contribution in [1.82, 2.24) is 5.43 Å². The third-order valence-corrected chi connectivity index (χ3v) is 4.57. The Labute approximate surface area is 190 Å². The Morgan fingerprint density at radius 2 is 1.58 bits per heavy atom. The van der Waals surface area contributed by atoms with E-state index in [2.05, 4.69) is 15.8 Å². The number of halogens is 1. The number of hydrogen-bond acceptors (Lipinski definition) is 6. The fourth-order valence-corrected chi connectivity index (χ4v) is 2.99. The number of rotatable bonds is 8. The molecule has 0 aromatic heterocycles. The number of methoxy groups -OCH3 is 3. The lowest BCUT2D eigenvalue weighted by Gasteiger charge is -2.12. The van der Waals surface area contributed by atoms with Gasteiger partial charge in [-0.1, -0.05) is 18.2 Å². The fraction of sp³-hybridized carbons (Fsp3) is 0.125. The number of ether oxygens (including phenoxy) is 3. The monoisotopic (exact) mass is 451 g/mol. The van der Waals surface area contributed by atoms with Crippen molar-refractivity contribution in [3.63, 3.8) is 0 Å². The van der Waals surface area contributed by atoms with E-state index in [1.165, 1.54) is 51.8 Å². The number of hydrazone groups is 1. The molecule has 3 aromatic carbocycles. The predicted octanol–water partition coefficient (Wildman–Crippen LogP) is 3.87. The maximum Gasteiger partial charge on any atom is 0.271 e. The van der Waals surface area contributed by atoms with Crippen LogP contribution in [0, 0.1) is 5.82 Å². The molecule has 170 valence electrons. The molecule has 0 aliphatic carbocycles. The molecule has 0 heterocycles. The van der Waals surface area contributed by atoms with E-state index < -0.39 is 17.6 Å². The van der Waals surface area contributed by atoms with Crippen LogP contribution in [0.4, 0.5) is 10.1 Å². The highest BCUT2D eigenvalue weighted by molar-refractivity contribution is 6.05. The number of benzene rings is 3. The average Bonchev–Trinajstić information content (AvgIpc) is 2.83. The Morgan fingerprint density at radius 3 is 2.21 bits per heavy atom. The van der Waals surface area contributed by atoms with Crippen molar-refractivity contribution in [2.75, 3.05) is 26.6 Å². The molecule has 9 heteroatoms. The molecule has 0 unspecified atom stereocenters. The first-order valence-corrected chi connectivity index (χ1v) is 9.76. The minimum Gasteiger partial charge on any atom is -0.493 e. The van der Waals surface area contributed by atoms with E-state index in [1.807, 2.05) is 0 Å². The number of carbonyl (C=O) groups excluding carboxylic acids is 2. The van der Waals surface area contributed by atoms with Gasteiger partial charge in [0.05, 0.1) is 33.1 Å². The predicted molar refractivity (Wildman–Crippen MR) is 122 cm³/mol. The SMILES string of the molecule is COc1cc(/C=N/NC(=O)c2cccc(NC(=O)c3ccccc3F)c2)cc(OC)c1OC. The van der Waals surface area contributed by atoms with Gasteiger partial charge in [-0.3, -0.25) is 9.59 Å². The second-order valence-electron chi connectivity index (χ2n) is 6.67. The largest absolute Gasteiger partial charge is 0.493 e. The van der Waals surface area contributed by atoms with Gasteiger partial charge in [-0.25, -0.2) is 9.82 Å². The zero-order chi connectivity index (χ0) is 23.8. The molecule has 0 radical (unpaired) electrons. The number of carbonyl (C=O) groups is 2. The molecule has 0 aliphatic rings. The highest BCUT2D eigenvalue weighted by Crippen LogP contribution is 2.37. The van der Waals surface area contributed by atoms with Gasteiger partial charge in [0.25, 0.3) is 11.8 Å². The molecular formula is C24H22FN3O5. The fourth-order valence-electron chi connectivity index (χ4n) is 2.99. The number of nitrogens with zero attached hydrogens (tertiary/aromatic N) is 1. The molecular weight excluding hydrogens is 429 g/mol. The first-order chi connectivity index (χ1) is 16.0. The zero-order valence-corrected chi connectivity index (χ0v) is 18.2. The minimum atomic E-state index is -0.634. The van der Waals surface area contributed by atoms with Crippen molar-refractivity contribution in [1.29, 1.82) is 0 Å². The Hall–Kier alpha value is -4.40. The molecule has 33 heavy (non-hydrogen) atoms. The molecule has 3 aromatic rings. The normalized spacial score (nSPS) is 10.5. The summed E-state index contributed by atoms with van der Waals surface area (Å²) < 4.78 is 29.7. The van der Waals surface area contributed by atoms with Crippen LogP contribution < -0.4 is 25.0 Å². The molecule has 0 fully saturated rings. The van der Waals surface area contributed by atoms with Crippen molar-refractivity contribution in [2.24, 2.45) is 5.10 Å². The maximum absolute atomic E-state index is 13.8. The van der Waals surface area contributed by atoms with E-state index in [-0.39, 0.29) is 11.1 Å². The molecule has 0 saturated heterocycles. The first kappa shape index (κ1) is 23.3. The quantitative estimate of drug-likeness (QED) is 0.400. The summed E-state index contributed by atoms with van der Waals surface area (Å²) in [4.78, 5) is 24.8. The van der Waals surface area contributed by atoms with E-state index >= 15 is 0 Å². The molecule has 0 spiro atoms. The lowest BCUT2D eigenvalue weighted by atomic mass is 10.1. The summed E-state index contributed by atoms with van der Waals surface area (Å²) in [5, 5.41) is 6.54. The summed E-state index contributed by atoms with van der Waals surface area (Å²) in [6, 6.07) is 15.2. The van der Waals surface area contributed by atoms with Crippen LogP contribution in [0.25, 0.3) is 0 Å². The third-order valence-electron chi connectivity index (χ3n) is 4.57. The molecule has 0 atom stereocenters. The number of hydrogen-bond donors (Lipinski definition) is 2. The Morgan fingerprint density at radius 1 is 0.879 bits per heavy atom. The van der Waals surface area contributed by atoms with Crippen LogP contribution in [0.2, 0.25) is 0 Å². The van der Waals surface area contributed by atoms with Crippen LogP contribution in [-0.4, -0.2) is 39.4 Å². The van der Waals surface area contributed by atoms with Gasteiger partial charge in [0.1, 0.15) is 5.82 Å². The smallest absolute Gasteiger partial charge is 0.271 e. The Bertz CT molecular complexity index is 1170. The summed E-state index contributed by atoms with van der Waals surface area (Å²) in [7, 11) is 4.50. The minimum absolute atomic E-state index is 0.0951. The van der Waals surface area contributed by atoms with E-state index in [0.717, 1.165) is 0 Å². The number of nitrogens with one attached hydrogen (secondary N) is 2. The lowest BCUT2D eigenvalue weighted by Crippen LogP contribution is -2.18. The van der Waals surface area contributed by atoms with Crippen molar-refractivity contribution < 1.29 is 28.2 Å². The van der Waals surface area contributed by atoms with Crippen molar-refractivity contribution in [2.45, 2.75) is 0 Å². The van der Waals surface area contributed by atoms with Crippen LogP contribution in [0.15, 0.2) is 65.8 Å². The highest BCUT2D eigenvalue weighted by atomic mass is 19.1. The summed E-state index contributed by atoms with van der Waals surface area (Å²) >= 11 is 0. The zero-order valence-electron chi connectivity index (χ0n) is 18.2. The number of amides is 2. The molecule has 2 N–H and O–H groups in total. The van der Waals surface area contributed by atoms with Crippen LogP contribution in [0.1, 0.15) is 26.3 Å². The standard InChI is InChI=1S/C24H22FN3O5/c1-31-20-11-15(12-21(32-2)22(20)33-3)14-26-28-23(29)16-7-6-8-17(13-16)27-24(30)18-9-4-5-10-19(18)25/h4-14H,1-3H3,(H,27,30)(H,28,29)/b26-14+. The van der Waals surface area contributed by atoms with E-state index in [9.17, 15) is 14.0 Å². The summed E-state index contributed by atoms with van der Waals surface area (Å²) in [5.74, 6) is -0.418. The Kier molecular flexibility index (Phi) is 7.59. The second kappa shape index (κ2) is 10.8. The second-order valence-corrected chi connectivity index (χ2v) is 6.67. The van der Waals surface area contributed by atoms with E-state index in [4.69, 9.17) is 14.2 Å². The first-order valence-electron chi connectivity index (χ1n) is 9.76. The summed E-state index contributed by atoms with van der Waals surface area (Å²) in [6.45, 7) is 0. The molecule has 0 aliphatic heterocycles. The molecule has 0 saturated carbocycles. The summed E-state index contributed by atoms with van der Waals surface area (Å²) in [5.41, 5.74) is 3.52. The van der Waals surface area contributed by atoms with Gasteiger partial charge in [-0.2, -0.15) is 5.10 Å².